The Morgan fingerprint density at radius 2 is 2.25 bits per heavy atom. The summed E-state index contributed by atoms with van der Waals surface area (Å²) in [5, 5.41) is -0.330. The summed E-state index contributed by atoms with van der Waals surface area (Å²) in [5.74, 6) is 0. The molecule has 1 saturated heterocycles. The summed E-state index contributed by atoms with van der Waals surface area (Å²) in [6.45, 7) is 3.52. The van der Waals surface area contributed by atoms with Crippen molar-refractivity contribution in [3.8, 4) is 0 Å². The van der Waals surface area contributed by atoms with Crippen LogP contribution < -0.4 is 5.73 Å². The van der Waals surface area contributed by atoms with Crippen LogP contribution in [0.4, 0.5) is 0 Å². The molecular formula is C7H16N2O2S. The Bertz CT molecular complexity index is 238. The maximum absolute atomic E-state index is 11.6. The van der Waals surface area contributed by atoms with Crippen LogP contribution in [0.1, 0.15) is 19.8 Å². The Balaban J connectivity index is 2.71. The molecule has 0 aromatic heterocycles. The first-order chi connectivity index (χ1) is 5.62. The van der Waals surface area contributed by atoms with Crippen molar-refractivity contribution in [3.05, 3.63) is 0 Å². The molecule has 0 aromatic carbocycles. The Labute approximate surface area is 73.8 Å². The van der Waals surface area contributed by atoms with Gasteiger partial charge in [-0.1, -0.05) is 6.92 Å². The van der Waals surface area contributed by atoms with Crippen LogP contribution in [0.3, 0.4) is 0 Å². The van der Waals surface area contributed by atoms with Crippen LogP contribution >= 0.6 is 0 Å². The average Bonchev–Trinajstić information content (AvgIpc) is 2.28. The molecule has 0 radical (unpaired) electrons. The number of sulfonamides is 1. The van der Waals surface area contributed by atoms with Crippen LogP contribution in [0.15, 0.2) is 0 Å². The van der Waals surface area contributed by atoms with E-state index in [0.29, 0.717) is 19.5 Å². The third-order valence-corrected chi connectivity index (χ3v) is 4.57. The predicted molar refractivity (Wildman–Crippen MR) is 48.2 cm³/mol. The quantitative estimate of drug-likeness (QED) is 0.671. The fourth-order valence-electron chi connectivity index (χ4n) is 1.50. The SMILES string of the molecule is CCCN1CCC(CN)S1(=O)=O. The zero-order valence-corrected chi connectivity index (χ0v) is 8.18. The van der Waals surface area contributed by atoms with Crippen molar-refractivity contribution in [1.29, 1.82) is 0 Å². The number of nitrogens with zero attached hydrogens (tertiary/aromatic N) is 1. The van der Waals surface area contributed by atoms with E-state index in [1.54, 1.807) is 4.31 Å². The van der Waals surface area contributed by atoms with Gasteiger partial charge in [0.25, 0.3) is 0 Å². The lowest BCUT2D eigenvalue weighted by atomic mass is 10.3. The van der Waals surface area contributed by atoms with Crippen molar-refractivity contribution in [2.45, 2.75) is 25.0 Å². The van der Waals surface area contributed by atoms with Gasteiger partial charge < -0.3 is 5.73 Å². The fourth-order valence-corrected chi connectivity index (χ4v) is 3.37. The van der Waals surface area contributed by atoms with Gasteiger partial charge in [0, 0.05) is 19.6 Å². The normalized spacial score (nSPS) is 29.3. The van der Waals surface area contributed by atoms with Gasteiger partial charge in [0.2, 0.25) is 10.0 Å². The lowest BCUT2D eigenvalue weighted by Gasteiger charge is -2.14. The molecule has 0 aliphatic carbocycles. The van der Waals surface area contributed by atoms with Crippen LogP contribution in [0, 0.1) is 0 Å². The van der Waals surface area contributed by atoms with Crippen LogP contribution in [0.5, 0.6) is 0 Å². The molecule has 2 N–H and O–H groups in total. The monoisotopic (exact) mass is 192 g/mol. The van der Waals surface area contributed by atoms with Gasteiger partial charge in [-0.25, -0.2) is 12.7 Å². The number of nitrogens with two attached hydrogens (primary N) is 1. The van der Waals surface area contributed by atoms with E-state index in [0.717, 1.165) is 6.42 Å². The van der Waals surface area contributed by atoms with Gasteiger partial charge in [-0.15, -0.1) is 0 Å². The molecule has 1 aliphatic heterocycles. The van der Waals surface area contributed by atoms with Crippen molar-refractivity contribution in [2.24, 2.45) is 5.73 Å². The van der Waals surface area contributed by atoms with E-state index in [1.165, 1.54) is 0 Å². The maximum atomic E-state index is 11.6. The van der Waals surface area contributed by atoms with Crippen LogP contribution in [-0.4, -0.2) is 37.6 Å². The molecule has 0 amide bonds. The molecule has 72 valence electrons. The summed E-state index contributed by atoms with van der Waals surface area (Å²) < 4.78 is 24.7. The molecule has 0 spiro atoms. The van der Waals surface area contributed by atoms with Crippen molar-refractivity contribution in [3.63, 3.8) is 0 Å². The molecule has 0 bridgehead atoms. The van der Waals surface area contributed by atoms with E-state index in [1.807, 2.05) is 6.92 Å². The third-order valence-electron chi connectivity index (χ3n) is 2.22. The molecule has 4 nitrogen and oxygen atoms in total. The van der Waals surface area contributed by atoms with Crippen molar-refractivity contribution in [2.75, 3.05) is 19.6 Å². The van der Waals surface area contributed by atoms with Crippen molar-refractivity contribution < 1.29 is 8.42 Å². The highest BCUT2D eigenvalue weighted by Crippen LogP contribution is 2.20. The van der Waals surface area contributed by atoms with Gasteiger partial charge >= 0.3 is 0 Å². The summed E-state index contributed by atoms with van der Waals surface area (Å²) in [6.07, 6.45) is 1.56. The summed E-state index contributed by atoms with van der Waals surface area (Å²) in [4.78, 5) is 0. The molecule has 0 aromatic rings. The molecule has 12 heavy (non-hydrogen) atoms. The minimum Gasteiger partial charge on any atom is -0.329 e. The molecule has 1 aliphatic rings. The van der Waals surface area contributed by atoms with Gasteiger partial charge in [0.15, 0.2) is 0 Å². The molecule has 1 fully saturated rings. The second-order valence-electron chi connectivity index (χ2n) is 3.09. The minimum atomic E-state index is -3.03. The lowest BCUT2D eigenvalue weighted by molar-refractivity contribution is 0.443. The Kier molecular flexibility index (Phi) is 3.09. The highest BCUT2D eigenvalue weighted by atomic mass is 32.2. The summed E-state index contributed by atoms with van der Waals surface area (Å²) in [5.41, 5.74) is 5.36. The zero-order chi connectivity index (χ0) is 9.19. The minimum absolute atomic E-state index is 0.253. The van der Waals surface area contributed by atoms with E-state index in [2.05, 4.69) is 0 Å². The Morgan fingerprint density at radius 1 is 1.58 bits per heavy atom. The standard InChI is InChI=1S/C7H16N2O2S/c1-2-4-9-5-3-7(6-8)12(9,10)11/h7H,2-6,8H2,1H3. The number of hydrogen-bond acceptors (Lipinski definition) is 3. The predicted octanol–water partition coefficient (Wildman–Crippen LogP) is -0.241. The third kappa shape index (κ3) is 1.62. The van der Waals surface area contributed by atoms with Crippen LogP contribution in [0.25, 0.3) is 0 Å². The highest BCUT2D eigenvalue weighted by Gasteiger charge is 2.36. The number of rotatable bonds is 3. The lowest BCUT2D eigenvalue weighted by Crippen LogP contribution is -2.33. The number of hydrogen-bond donors (Lipinski definition) is 1. The average molecular weight is 192 g/mol. The first-order valence-corrected chi connectivity index (χ1v) is 5.82. The van der Waals surface area contributed by atoms with Gasteiger partial charge in [0.05, 0.1) is 5.25 Å². The fraction of sp³-hybridized carbons (Fsp3) is 1.00. The summed E-state index contributed by atoms with van der Waals surface area (Å²) >= 11 is 0. The van der Waals surface area contributed by atoms with Gasteiger partial charge in [-0.2, -0.15) is 0 Å². The zero-order valence-electron chi connectivity index (χ0n) is 7.36. The van der Waals surface area contributed by atoms with Crippen LogP contribution in [0.2, 0.25) is 0 Å². The van der Waals surface area contributed by atoms with E-state index in [-0.39, 0.29) is 11.8 Å². The molecule has 1 atom stereocenters. The molecule has 5 heteroatoms. The van der Waals surface area contributed by atoms with E-state index in [9.17, 15) is 8.42 Å². The Hall–Kier alpha value is -0.130. The summed E-state index contributed by atoms with van der Waals surface area (Å²) in [6, 6.07) is 0. The van der Waals surface area contributed by atoms with Crippen molar-refractivity contribution >= 4 is 10.0 Å². The molecular weight excluding hydrogens is 176 g/mol. The first kappa shape index (κ1) is 9.95. The topological polar surface area (TPSA) is 63.4 Å². The molecule has 1 heterocycles. The van der Waals surface area contributed by atoms with Gasteiger partial charge in [0.1, 0.15) is 0 Å². The summed E-state index contributed by atoms with van der Waals surface area (Å²) in [7, 11) is -3.03. The molecule has 0 saturated carbocycles. The second kappa shape index (κ2) is 3.72. The van der Waals surface area contributed by atoms with Gasteiger partial charge in [-0.05, 0) is 12.8 Å². The van der Waals surface area contributed by atoms with Crippen LogP contribution in [-0.2, 0) is 10.0 Å². The van der Waals surface area contributed by atoms with Crippen molar-refractivity contribution in [1.82, 2.24) is 4.31 Å². The van der Waals surface area contributed by atoms with E-state index < -0.39 is 10.0 Å². The largest absolute Gasteiger partial charge is 0.329 e. The Morgan fingerprint density at radius 3 is 2.67 bits per heavy atom. The first-order valence-electron chi connectivity index (χ1n) is 4.32. The smallest absolute Gasteiger partial charge is 0.218 e. The maximum Gasteiger partial charge on any atom is 0.218 e. The molecule has 1 rings (SSSR count). The van der Waals surface area contributed by atoms with E-state index in [4.69, 9.17) is 5.73 Å². The second-order valence-corrected chi connectivity index (χ2v) is 5.30. The van der Waals surface area contributed by atoms with E-state index >= 15 is 0 Å². The highest BCUT2D eigenvalue weighted by molar-refractivity contribution is 7.90. The van der Waals surface area contributed by atoms with Gasteiger partial charge in [-0.3, -0.25) is 0 Å². The molecule has 1 unspecified atom stereocenters.